The number of aromatic nitrogens is 1. The lowest BCUT2D eigenvalue weighted by Crippen LogP contribution is -3.23. The minimum atomic E-state index is -3.08. The van der Waals surface area contributed by atoms with Crippen LogP contribution in [0.15, 0.2) is 243 Å². The van der Waals surface area contributed by atoms with Gasteiger partial charge in [-0.3, -0.25) is 4.98 Å². The summed E-state index contributed by atoms with van der Waals surface area (Å²) in [5.74, 6) is 0. The van der Waals surface area contributed by atoms with Crippen LogP contribution in [-0.2, 0) is 6.42 Å². The van der Waals surface area contributed by atoms with E-state index in [1.54, 1.807) is 36.3 Å². The van der Waals surface area contributed by atoms with E-state index in [0.717, 1.165) is 12.1 Å². The molecule has 2 aliphatic rings. The third kappa shape index (κ3) is 4.80. The predicted octanol–water partition coefficient (Wildman–Crippen LogP) is 7.72. The van der Waals surface area contributed by atoms with Crippen molar-refractivity contribution >= 4 is 64.7 Å². The summed E-state index contributed by atoms with van der Waals surface area (Å²) in [7, 11) is -11.7. The molecule has 0 spiro atoms. The number of fused-ring (bicyclic) bond motifs is 3. The number of benzene rings is 8. The second kappa shape index (κ2) is 14.5. The van der Waals surface area contributed by atoms with Gasteiger partial charge >= 0.3 is 0 Å². The average molecular weight is 832 g/mol. The molecule has 1 nitrogen and oxygen atoms in total. The van der Waals surface area contributed by atoms with E-state index in [1.807, 2.05) is 6.20 Å². The normalized spacial score (nSPS) is 19.4. The molecular weight excluding hydrogens is 787 g/mol. The topological polar surface area (TPSA) is 12.9 Å². The molecule has 286 valence electrons. The van der Waals surface area contributed by atoms with Crippen LogP contribution >= 0.6 is 0 Å². The summed E-state index contributed by atoms with van der Waals surface area (Å²) < 4.78 is 0. The first kappa shape index (κ1) is 36.8. The van der Waals surface area contributed by atoms with Crippen molar-refractivity contribution in [2.24, 2.45) is 0 Å². The summed E-state index contributed by atoms with van der Waals surface area (Å²) in [6, 6.07) is 92.9. The fourth-order valence-corrected chi connectivity index (χ4v) is 136. The Bertz CT molecular complexity index is 2790. The van der Waals surface area contributed by atoms with Crippen molar-refractivity contribution in [3.8, 4) is 22.4 Å². The van der Waals surface area contributed by atoms with Crippen LogP contribution in [0.5, 0.6) is 0 Å². The quantitative estimate of drug-likeness (QED) is 0.143. The van der Waals surface area contributed by atoms with Crippen molar-refractivity contribution in [3.63, 3.8) is 0 Å². The molecule has 1 aromatic heterocycles. The molecule has 0 bridgehead atoms. The van der Waals surface area contributed by atoms with Crippen LogP contribution < -0.4 is 36.3 Å². The molecule has 11 rings (SSSR count). The maximum Gasteiger partial charge on any atom is 0.120 e. The molecule has 2 heterocycles. The molecule has 5 heteroatoms. The molecule has 0 unspecified atom stereocenters. The van der Waals surface area contributed by atoms with Gasteiger partial charge in [0.05, 0.1) is 12.8 Å². The standard InChI is InChI=1S/C55H45NSi4/c1-57(45-25-8-2-9-26-45)58(46-27-10-3-11-28-46,47-29-12-4-13-30-47)60(50-35-18-7-19-36-50,59(57,48-31-14-5-15-32-48)49-33-16-6-17-34-49)51-37-22-24-44(41-51)55-54-42-43-23-20-21-38-52(43)53(54)39-40-56-55/h2-41H,42H2,1H3. The fourth-order valence-electron chi connectivity index (χ4n) is 12.5. The number of hydrogen-bond donors (Lipinski definition) is 0. The van der Waals surface area contributed by atoms with Crippen LogP contribution in [0.3, 0.4) is 0 Å². The Morgan fingerprint density at radius 3 is 1.23 bits per heavy atom. The minimum Gasteiger partial charge on any atom is -0.256 e. The zero-order valence-electron chi connectivity index (χ0n) is 33.7. The molecule has 1 saturated heterocycles. The smallest absolute Gasteiger partial charge is 0.120 e. The summed E-state index contributed by atoms with van der Waals surface area (Å²) in [5, 5.41) is 11.0. The zero-order valence-corrected chi connectivity index (χ0v) is 37.7. The lowest BCUT2D eigenvalue weighted by atomic mass is 10.0. The molecule has 1 fully saturated rings. The summed E-state index contributed by atoms with van der Waals surface area (Å²) in [6.07, 6.45) is 2.94. The lowest BCUT2D eigenvalue weighted by Gasteiger charge is -2.78. The zero-order chi connectivity index (χ0) is 40.2. The van der Waals surface area contributed by atoms with E-state index in [9.17, 15) is 0 Å². The molecule has 8 aromatic carbocycles. The van der Waals surface area contributed by atoms with Crippen molar-refractivity contribution in [3.05, 3.63) is 254 Å². The number of nitrogens with zero attached hydrogens (tertiary/aromatic N) is 1. The van der Waals surface area contributed by atoms with Gasteiger partial charge < -0.3 is 0 Å². The maximum absolute atomic E-state index is 5.27. The SMILES string of the molecule is C[Si]1(c2ccccc2)[Si](c2ccccc2)(c2ccccc2)[Si](c2ccccc2)(c2cccc(-c3nccc4c3Cc3ccccc3-4)c2)[Si]1(c1ccccc1)c1ccccc1. The summed E-state index contributed by atoms with van der Waals surface area (Å²) in [5.41, 5.74) is 7.72. The summed E-state index contributed by atoms with van der Waals surface area (Å²) >= 11 is 0. The number of hydrogen-bond acceptors (Lipinski definition) is 1. The van der Waals surface area contributed by atoms with Crippen molar-refractivity contribution in [1.82, 2.24) is 4.98 Å². The molecule has 0 radical (unpaired) electrons. The van der Waals surface area contributed by atoms with Crippen LogP contribution in [-0.4, -0.2) is 33.4 Å². The molecule has 1 aliphatic carbocycles. The van der Waals surface area contributed by atoms with Crippen LogP contribution in [0.25, 0.3) is 22.4 Å². The van der Waals surface area contributed by atoms with Crippen molar-refractivity contribution in [2.75, 3.05) is 0 Å². The Hall–Kier alpha value is -6.22. The highest BCUT2D eigenvalue weighted by molar-refractivity contribution is 8.25. The van der Waals surface area contributed by atoms with Crippen LogP contribution in [0, 0.1) is 0 Å². The average Bonchev–Trinajstić information content (AvgIpc) is 3.72. The largest absolute Gasteiger partial charge is 0.256 e. The van der Waals surface area contributed by atoms with Crippen molar-refractivity contribution < 1.29 is 0 Å². The second-order valence-corrected chi connectivity index (χ2v) is 53.0. The van der Waals surface area contributed by atoms with Crippen molar-refractivity contribution in [2.45, 2.75) is 13.0 Å². The highest BCUT2D eigenvalue weighted by Gasteiger charge is 2.92. The highest BCUT2D eigenvalue weighted by atomic mass is 30.2. The first-order valence-electron chi connectivity index (χ1n) is 21.2. The third-order valence-electron chi connectivity index (χ3n) is 14.3. The van der Waals surface area contributed by atoms with E-state index in [0.29, 0.717) is 0 Å². The Morgan fingerprint density at radius 2 is 0.750 bits per heavy atom. The van der Waals surface area contributed by atoms with Crippen LogP contribution in [0.4, 0.5) is 0 Å². The van der Waals surface area contributed by atoms with Crippen LogP contribution in [0.1, 0.15) is 11.1 Å². The number of rotatable bonds is 8. The van der Waals surface area contributed by atoms with Gasteiger partial charge in [0.2, 0.25) is 0 Å². The van der Waals surface area contributed by atoms with E-state index in [2.05, 4.69) is 243 Å². The van der Waals surface area contributed by atoms with E-state index < -0.39 is 28.4 Å². The van der Waals surface area contributed by atoms with E-state index in [1.165, 1.54) is 27.8 Å². The summed E-state index contributed by atoms with van der Waals surface area (Å²) in [6.45, 7) is 2.86. The third-order valence-corrected chi connectivity index (χ3v) is 94.3. The lowest BCUT2D eigenvalue weighted by molar-refractivity contribution is 1.20. The van der Waals surface area contributed by atoms with E-state index in [-0.39, 0.29) is 0 Å². The Labute approximate surface area is 357 Å². The van der Waals surface area contributed by atoms with Gasteiger partial charge in [-0.2, -0.15) is 0 Å². The molecular formula is C55H45NSi4. The Kier molecular flexibility index (Phi) is 8.90. The van der Waals surface area contributed by atoms with Gasteiger partial charge in [-0.1, -0.05) is 273 Å². The van der Waals surface area contributed by atoms with Gasteiger partial charge in [-0.25, -0.2) is 0 Å². The number of pyridine rings is 1. The van der Waals surface area contributed by atoms with Gasteiger partial charge in [-0.15, -0.1) is 0 Å². The Morgan fingerprint density at radius 1 is 0.350 bits per heavy atom. The molecule has 1 aliphatic heterocycles. The molecule has 60 heavy (non-hydrogen) atoms. The fraction of sp³-hybridized carbons (Fsp3) is 0.0364. The van der Waals surface area contributed by atoms with Gasteiger partial charge in [0.15, 0.2) is 0 Å². The Balaban J connectivity index is 1.37. The van der Waals surface area contributed by atoms with Crippen LogP contribution in [0.2, 0.25) is 6.55 Å². The van der Waals surface area contributed by atoms with Gasteiger partial charge in [0.25, 0.3) is 0 Å². The van der Waals surface area contributed by atoms with Gasteiger partial charge in [0.1, 0.15) is 21.3 Å². The monoisotopic (exact) mass is 831 g/mol. The van der Waals surface area contributed by atoms with Gasteiger partial charge in [-0.05, 0) is 28.3 Å². The van der Waals surface area contributed by atoms with Gasteiger partial charge in [0, 0.05) is 18.2 Å². The molecule has 0 atom stereocenters. The molecule has 0 amide bonds. The predicted molar refractivity (Wildman–Crippen MR) is 263 cm³/mol. The van der Waals surface area contributed by atoms with E-state index >= 15 is 0 Å². The molecule has 0 saturated carbocycles. The summed E-state index contributed by atoms with van der Waals surface area (Å²) in [4.78, 5) is 5.27. The molecule has 0 N–H and O–H groups in total. The first-order valence-corrected chi connectivity index (χ1v) is 33.7. The first-order chi connectivity index (χ1) is 29.7. The van der Waals surface area contributed by atoms with E-state index in [4.69, 9.17) is 4.98 Å². The molecule has 9 aromatic rings. The highest BCUT2D eigenvalue weighted by Crippen LogP contribution is 2.51. The maximum atomic E-state index is 5.27. The van der Waals surface area contributed by atoms with Crippen molar-refractivity contribution in [1.29, 1.82) is 0 Å². The second-order valence-electron chi connectivity index (χ2n) is 16.7. The minimum absolute atomic E-state index is 0.901.